The first-order chi connectivity index (χ1) is 11.6. The zero-order valence-electron chi connectivity index (χ0n) is 14.3. The smallest absolute Gasteiger partial charge is 0.195 e. The van der Waals surface area contributed by atoms with Gasteiger partial charge in [0.15, 0.2) is 11.8 Å². The number of hydrogen-bond acceptors (Lipinski definition) is 1. The van der Waals surface area contributed by atoms with E-state index in [0.717, 1.165) is 24.8 Å². The SMILES string of the molecule is CCCCCCC1(F)C=CC(C#Cc2ccccc2)=C(OC)C1F. The fraction of sp³-hybridized carbons (Fsp3) is 0.429. The Morgan fingerprint density at radius 1 is 1.12 bits per heavy atom. The van der Waals surface area contributed by atoms with Gasteiger partial charge in [0.1, 0.15) is 5.76 Å². The Bertz CT molecular complexity index is 651. The summed E-state index contributed by atoms with van der Waals surface area (Å²) in [7, 11) is 1.36. The molecule has 1 aromatic carbocycles. The summed E-state index contributed by atoms with van der Waals surface area (Å²) >= 11 is 0. The molecule has 128 valence electrons. The van der Waals surface area contributed by atoms with Gasteiger partial charge in [-0.1, -0.05) is 56.2 Å². The molecule has 0 aliphatic heterocycles. The van der Waals surface area contributed by atoms with E-state index in [-0.39, 0.29) is 12.2 Å². The molecule has 0 spiro atoms. The molecular formula is C21H24F2O. The average Bonchev–Trinajstić information content (AvgIpc) is 2.61. The second kappa shape index (κ2) is 8.68. The van der Waals surface area contributed by atoms with Crippen molar-refractivity contribution < 1.29 is 13.5 Å². The number of hydrogen-bond donors (Lipinski definition) is 0. The molecule has 2 rings (SSSR count). The Kier molecular flexibility index (Phi) is 6.61. The van der Waals surface area contributed by atoms with Crippen LogP contribution in [0.15, 0.2) is 53.8 Å². The van der Waals surface area contributed by atoms with Gasteiger partial charge in [0, 0.05) is 5.56 Å². The Balaban J connectivity index is 2.15. The van der Waals surface area contributed by atoms with Crippen molar-refractivity contribution in [3.8, 4) is 11.8 Å². The third-order valence-corrected chi connectivity index (χ3v) is 4.19. The molecule has 0 bridgehead atoms. The third kappa shape index (κ3) is 4.47. The van der Waals surface area contributed by atoms with Crippen molar-refractivity contribution in [3.63, 3.8) is 0 Å². The molecule has 0 aromatic heterocycles. The lowest BCUT2D eigenvalue weighted by Gasteiger charge is -2.30. The van der Waals surface area contributed by atoms with E-state index < -0.39 is 11.8 Å². The number of alkyl halides is 2. The van der Waals surface area contributed by atoms with Crippen molar-refractivity contribution in [3.05, 3.63) is 59.4 Å². The summed E-state index contributed by atoms with van der Waals surface area (Å²) in [5.41, 5.74) is -0.784. The lowest BCUT2D eigenvalue weighted by Crippen LogP contribution is -2.37. The highest BCUT2D eigenvalue weighted by Gasteiger charge is 2.43. The number of halogens is 2. The van der Waals surface area contributed by atoms with Crippen molar-refractivity contribution in [1.29, 1.82) is 0 Å². The molecule has 1 aliphatic carbocycles. The zero-order valence-corrected chi connectivity index (χ0v) is 14.3. The van der Waals surface area contributed by atoms with Crippen molar-refractivity contribution >= 4 is 0 Å². The molecule has 0 heterocycles. The van der Waals surface area contributed by atoms with E-state index in [2.05, 4.69) is 18.8 Å². The van der Waals surface area contributed by atoms with E-state index in [1.54, 1.807) is 6.08 Å². The van der Waals surface area contributed by atoms with E-state index in [9.17, 15) is 8.78 Å². The molecule has 0 radical (unpaired) electrons. The first-order valence-electron chi connectivity index (χ1n) is 8.48. The number of rotatable bonds is 6. The summed E-state index contributed by atoms with van der Waals surface area (Å²) in [6, 6.07) is 9.40. The van der Waals surface area contributed by atoms with Crippen LogP contribution in [0.3, 0.4) is 0 Å². The Labute approximate surface area is 143 Å². The normalized spacial score (nSPS) is 22.9. The van der Waals surface area contributed by atoms with Crippen LogP contribution in [0.2, 0.25) is 0 Å². The van der Waals surface area contributed by atoms with Crippen LogP contribution in [0.4, 0.5) is 8.78 Å². The summed E-state index contributed by atoms with van der Waals surface area (Å²) in [4.78, 5) is 0. The predicted molar refractivity (Wildman–Crippen MR) is 94.0 cm³/mol. The summed E-state index contributed by atoms with van der Waals surface area (Å²) in [5, 5.41) is 0. The van der Waals surface area contributed by atoms with Crippen LogP contribution in [-0.2, 0) is 4.74 Å². The van der Waals surface area contributed by atoms with Crippen LogP contribution >= 0.6 is 0 Å². The highest BCUT2D eigenvalue weighted by Crippen LogP contribution is 2.37. The maximum absolute atomic E-state index is 14.9. The molecule has 3 heteroatoms. The lowest BCUT2D eigenvalue weighted by molar-refractivity contribution is 0.0621. The minimum Gasteiger partial charge on any atom is -0.497 e. The molecule has 0 saturated heterocycles. The van der Waals surface area contributed by atoms with Gasteiger partial charge < -0.3 is 4.74 Å². The molecule has 2 atom stereocenters. The molecular weight excluding hydrogens is 306 g/mol. The highest BCUT2D eigenvalue weighted by molar-refractivity contribution is 5.50. The molecule has 1 aromatic rings. The summed E-state index contributed by atoms with van der Waals surface area (Å²) in [6.45, 7) is 2.09. The third-order valence-electron chi connectivity index (χ3n) is 4.19. The topological polar surface area (TPSA) is 9.23 Å². The van der Waals surface area contributed by atoms with E-state index in [1.807, 2.05) is 30.3 Å². The Morgan fingerprint density at radius 2 is 1.88 bits per heavy atom. The molecule has 0 amide bonds. The van der Waals surface area contributed by atoms with Crippen molar-refractivity contribution in [2.45, 2.75) is 50.9 Å². The van der Waals surface area contributed by atoms with Crippen molar-refractivity contribution in [2.75, 3.05) is 7.11 Å². The second-order valence-corrected chi connectivity index (χ2v) is 6.03. The fourth-order valence-corrected chi connectivity index (χ4v) is 2.75. The van der Waals surface area contributed by atoms with E-state index >= 15 is 0 Å². The van der Waals surface area contributed by atoms with Crippen LogP contribution in [0.1, 0.15) is 44.6 Å². The summed E-state index contributed by atoms with van der Waals surface area (Å²) in [6.07, 6.45) is 4.89. The van der Waals surface area contributed by atoms with Gasteiger partial charge in [-0.3, -0.25) is 0 Å². The highest BCUT2D eigenvalue weighted by atomic mass is 19.2. The lowest BCUT2D eigenvalue weighted by atomic mass is 9.86. The van der Waals surface area contributed by atoms with Gasteiger partial charge in [0.2, 0.25) is 0 Å². The molecule has 0 N–H and O–H groups in total. The Morgan fingerprint density at radius 3 is 2.54 bits per heavy atom. The maximum atomic E-state index is 14.9. The average molecular weight is 330 g/mol. The van der Waals surface area contributed by atoms with Crippen molar-refractivity contribution in [1.82, 2.24) is 0 Å². The molecule has 0 saturated carbocycles. The number of allylic oxidation sites excluding steroid dienone is 4. The molecule has 0 fully saturated rings. The predicted octanol–water partition coefficient (Wildman–Crippen LogP) is 5.53. The van der Waals surface area contributed by atoms with Gasteiger partial charge >= 0.3 is 0 Å². The van der Waals surface area contributed by atoms with Crippen LogP contribution in [-0.4, -0.2) is 19.0 Å². The standard InChI is InChI=1S/C21H24F2O/c1-3-4-5-9-15-21(23)16-14-18(19(24-2)20(21)22)13-12-17-10-7-6-8-11-17/h6-8,10-11,14,16,20H,3-5,9,15H2,1-2H3. The number of benzene rings is 1. The number of ether oxygens (including phenoxy) is 1. The summed E-state index contributed by atoms with van der Waals surface area (Å²) in [5.74, 6) is 5.84. The van der Waals surface area contributed by atoms with Crippen LogP contribution in [0, 0.1) is 11.8 Å². The molecule has 24 heavy (non-hydrogen) atoms. The summed E-state index contributed by atoms with van der Waals surface area (Å²) < 4.78 is 34.8. The van der Waals surface area contributed by atoms with Gasteiger partial charge in [-0.05, 0) is 37.1 Å². The van der Waals surface area contributed by atoms with Gasteiger partial charge in [-0.15, -0.1) is 0 Å². The van der Waals surface area contributed by atoms with Gasteiger partial charge in [-0.2, -0.15) is 0 Å². The quantitative estimate of drug-likeness (QED) is 0.492. The van der Waals surface area contributed by atoms with Gasteiger partial charge in [-0.25, -0.2) is 8.78 Å². The molecule has 1 nitrogen and oxygen atoms in total. The van der Waals surface area contributed by atoms with Gasteiger partial charge in [0.25, 0.3) is 0 Å². The minimum absolute atomic E-state index is 0.0149. The monoisotopic (exact) mass is 330 g/mol. The van der Waals surface area contributed by atoms with E-state index in [4.69, 9.17) is 4.74 Å². The first-order valence-corrected chi connectivity index (χ1v) is 8.48. The van der Waals surface area contributed by atoms with Crippen LogP contribution in [0.5, 0.6) is 0 Å². The maximum Gasteiger partial charge on any atom is 0.195 e. The van der Waals surface area contributed by atoms with E-state index in [1.165, 1.54) is 13.2 Å². The van der Waals surface area contributed by atoms with Crippen LogP contribution < -0.4 is 0 Å². The van der Waals surface area contributed by atoms with Crippen molar-refractivity contribution in [2.24, 2.45) is 0 Å². The first kappa shape index (κ1) is 18.3. The largest absolute Gasteiger partial charge is 0.497 e. The second-order valence-electron chi connectivity index (χ2n) is 6.03. The molecule has 1 aliphatic rings. The molecule has 2 unspecified atom stereocenters. The van der Waals surface area contributed by atoms with Gasteiger partial charge in [0.05, 0.1) is 12.7 Å². The number of unbranched alkanes of at least 4 members (excludes halogenated alkanes) is 3. The fourth-order valence-electron chi connectivity index (χ4n) is 2.75. The minimum atomic E-state index is -2.00. The van der Waals surface area contributed by atoms with Crippen LogP contribution in [0.25, 0.3) is 0 Å². The number of methoxy groups -OCH3 is 1. The van der Waals surface area contributed by atoms with E-state index in [0.29, 0.717) is 12.0 Å². The Hall–Kier alpha value is -2.08. The zero-order chi connectivity index (χ0) is 17.4.